The fraction of sp³-hybridized carbons (Fsp3) is 0.350. The van der Waals surface area contributed by atoms with Crippen molar-refractivity contribution < 1.29 is 4.92 Å². The van der Waals surface area contributed by atoms with E-state index in [0.29, 0.717) is 10.8 Å². The lowest BCUT2D eigenvalue weighted by Crippen LogP contribution is -2.36. The summed E-state index contributed by atoms with van der Waals surface area (Å²) in [6.07, 6.45) is 3.32. The van der Waals surface area contributed by atoms with Crippen LogP contribution in [0.2, 0.25) is 5.02 Å². The Kier molecular flexibility index (Phi) is 5.55. The van der Waals surface area contributed by atoms with Crippen LogP contribution in [0.3, 0.4) is 0 Å². The van der Waals surface area contributed by atoms with Gasteiger partial charge in [-0.15, -0.1) is 5.10 Å². The molecule has 0 saturated carbocycles. The molecule has 1 saturated heterocycles. The van der Waals surface area contributed by atoms with E-state index in [9.17, 15) is 10.1 Å². The number of likely N-dealkylation sites (tertiary alicyclic amines) is 1. The zero-order chi connectivity index (χ0) is 20.4. The number of benzene rings is 2. The maximum Gasteiger partial charge on any atom is 0.269 e. The summed E-state index contributed by atoms with van der Waals surface area (Å²) in [6.45, 7) is 3.74. The van der Waals surface area contributed by atoms with E-state index in [1.807, 2.05) is 31.2 Å². The van der Waals surface area contributed by atoms with Crippen LogP contribution in [0.1, 0.15) is 42.3 Å². The number of nitro groups is 1. The molecule has 0 spiro atoms. The Hall–Kier alpha value is -2.84. The molecule has 0 amide bonds. The van der Waals surface area contributed by atoms with Crippen molar-refractivity contribution >= 4 is 17.3 Å². The van der Waals surface area contributed by atoms with E-state index in [-0.39, 0.29) is 16.7 Å². The van der Waals surface area contributed by atoms with E-state index in [1.165, 1.54) is 12.5 Å². The number of tetrazole rings is 1. The molecule has 1 aromatic heterocycles. The van der Waals surface area contributed by atoms with Gasteiger partial charge in [0.1, 0.15) is 0 Å². The summed E-state index contributed by atoms with van der Waals surface area (Å²) in [6, 6.07) is 12.0. The molecule has 1 fully saturated rings. The van der Waals surface area contributed by atoms with Gasteiger partial charge in [0.25, 0.3) is 5.69 Å². The molecule has 1 aliphatic heterocycles. The van der Waals surface area contributed by atoms with Crippen molar-refractivity contribution in [2.24, 2.45) is 0 Å². The molecule has 0 bridgehead atoms. The highest BCUT2D eigenvalue weighted by molar-refractivity contribution is 6.30. The standard InChI is InChI=1S/C20H21ClN6O2/c1-14-8-9-16(21)13-18(14)26-20(22-23-24-26)19(25-10-3-2-4-11-25)15-6-5-7-17(12-15)27(28)29/h5-9,12-13,19H,2-4,10-11H2,1H3. The number of nitro benzene ring substituents is 1. The summed E-state index contributed by atoms with van der Waals surface area (Å²) in [5.41, 5.74) is 2.64. The minimum Gasteiger partial charge on any atom is -0.290 e. The van der Waals surface area contributed by atoms with Crippen molar-refractivity contribution in [2.45, 2.75) is 32.2 Å². The van der Waals surface area contributed by atoms with Crippen molar-refractivity contribution in [3.05, 3.63) is 74.6 Å². The number of hydrogen-bond donors (Lipinski definition) is 0. The zero-order valence-corrected chi connectivity index (χ0v) is 16.8. The Labute approximate surface area is 173 Å². The smallest absolute Gasteiger partial charge is 0.269 e. The second kappa shape index (κ2) is 8.26. The third kappa shape index (κ3) is 3.99. The van der Waals surface area contributed by atoms with E-state index in [4.69, 9.17) is 11.6 Å². The van der Waals surface area contributed by atoms with Gasteiger partial charge in [-0.2, -0.15) is 4.68 Å². The summed E-state index contributed by atoms with van der Waals surface area (Å²) >= 11 is 6.22. The minimum absolute atomic E-state index is 0.0578. The predicted octanol–water partition coefficient (Wildman–Crippen LogP) is 4.11. The molecular weight excluding hydrogens is 392 g/mol. The number of aryl methyl sites for hydroxylation is 1. The van der Waals surface area contributed by atoms with Gasteiger partial charge in [0, 0.05) is 17.2 Å². The molecule has 1 unspecified atom stereocenters. The molecule has 0 aliphatic carbocycles. The summed E-state index contributed by atoms with van der Waals surface area (Å²) in [5, 5.41) is 24.4. The fourth-order valence-corrected chi connectivity index (χ4v) is 4.02. The molecule has 1 aliphatic rings. The average molecular weight is 413 g/mol. The number of halogens is 1. The Morgan fingerprint density at radius 3 is 2.69 bits per heavy atom. The van der Waals surface area contributed by atoms with Crippen LogP contribution in [-0.4, -0.2) is 43.1 Å². The monoisotopic (exact) mass is 412 g/mol. The van der Waals surface area contributed by atoms with Crippen LogP contribution < -0.4 is 0 Å². The van der Waals surface area contributed by atoms with Crippen LogP contribution >= 0.6 is 11.6 Å². The van der Waals surface area contributed by atoms with E-state index in [0.717, 1.165) is 42.7 Å². The van der Waals surface area contributed by atoms with E-state index in [2.05, 4.69) is 20.4 Å². The maximum atomic E-state index is 11.3. The number of rotatable bonds is 5. The summed E-state index contributed by atoms with van der Waals surface area (Å²) in [7, 11) is 0. The van der Waals surface area contributed by atoms with E-state index in [1.54, 1.807) is 16.8 Å². The van der Waals surface area contributed by atoms with Crippen molar-refractivity contribution in [3.8, 4) is 5.69 Å². The van der Waals surface area contributed by atoms with Gasteiger partial charge in [-0.3, -0.25) is 15.0 Å². The highest BCUT2D eigenvalue weighted by atomic mass is 35.5. The Bertz CT molecular complexity index is 1030. The number of piperidine rings is 1. The average Bonchev–Trinajstić information content (AvgIpc) is 3.20. The van der Waals surface area contributed by atoms with Crippen LogP contribution in [0.5, 0.6) is 0 Å². The van der Waals surface area contributed by atoms with Crippen molar-refractivity contribution in [3.63, 3.8) is 0 Å². The second-order valence-electron chi connectivity index (χ2n) is 7.23. The Morgan fingerprint density at radius 2 is 1.93 bits per heavy atom. The highest BCUT2D eigenvalue weighted by Crippen LogP contribution is 2.33. The molecule has 9 heteroatoms. The lowest BCUT2D eigenvalue weighted by molar-refractivity contribution is -0.384. The zero-order valence-electron chi connectivity index (χ0n) is 16.0. The first kappa shape index (κ1) is 19.5. The maximum absolute atomic E-state index is 11.3. The first-order valence-electron chi connectivity index (χ1n) is 9.58. The first-order valence-corrected chi connectivity index (χ1v) is 9.95. The van der Waals surface area contributed by atoms with Crippen molar-refractivity contribution in [1.29, 1.82) is 0 Å². The summed E-state index contributed by atoms with van der Waals surface area (Å²) in [4.78, 5) is 13.3. The van der Waals surface area contributed by atoms with Crippen LogP contribution in [0, 0.1) is 17.0 Å². The van der Waals surface area contributed by atoms with Crippen molar-refractivity contribution in [1.82, 2.24) is 25.1 Å². The molecule has 8 nitrogen and oxygen atoms in total. The number of hydrogen-bond acceptors (Lipinski definition) is 6. The second-order valence-corrected chi connectivity index (χ2v) is 7.67. The normalized spacial score (nSPS) is 15.9. The van der Waals surface area contributed by atoms with Gasteiger partial charge in [0.15, 0.2) is 5.82 Å². The molecule has 0 radical (unpaired) electrons. The summed E-state index contributed by atoms with van der Waals surface area (Å²) in [5.74, 6) is 0.623. The molecule has 150 valence electrons. The molecule has 4 rings (SSSR count). The number of non-ortho nitro benzene ring substituents is 1. The lowest BCUT2D eigenvalue weighted by atomic mass is 10.00. The predicted molar refractivity (Wildman–Crippen MR) is 109 cm³/mol. The quantitative estimate of drug-likeness (QED) is 0.462. The molecule has 3 aromatic rings. The minimum atomic E-state index is -0.374. The lowest BCUT2D eigenvalue weighted by Gasteiger charge is -2.34. The number of nitrogens with zero attached hydrogens (tertiary/aromatic N) is 6. The van der Waals surface area contributed by atoms with E-state index >= 15 is 0 Å². The third-order valence-electron chi connectivity index (χ3n) is 5.29. The van der Waals surface area contributed by atoms with Crippen LogP contribution in [0.15, 0.2) is 42.5 Å². The molecule has 0 N–H and O–H groups in total. The molecule has 1 atom stereocenters. The summed E-state index contributed by atoms with van der Waals surface area (Å²) < 4.78 is 1.69. The molecular formula is C20H21ClN6O2. The van der Waals surface area contributed by atoms with Gasteiger partial charge >= 0.3 is 0 Å². The fourth-order valence-electron chi connectivity index (χ4n) is 3.86. The van der Waals surface area contributed by atoms with Crippen molar-refractivity contribution in [2.75, 3.05) is 13.1 Å². The molecule has 29 heavy (non-hydrogen) atoms. The van der Waals surface area contributed by atoms with Gasteiger partial charge in [0.05, 0.1) is 16.7 Å². The SMILES string of the molecule is Cc1ccc(Cl)cc1-n1nnnc1C(c1cccc([N+](=O)[O-])c1)N1CCCCC1. The Balaban J connectivity index is 1.85. The van der Waals surface area contributed by atoms with Gasteiger partial charge < -0.3 is 0 Å². The third-order valence-corrected chi connectivity index (χ3v) is 5.53. The molecule has 2 heterocycles. The topological polar surface area (TPSA) is 90.0 Å². The number of aromatic nitrogens is 4. The largest absolute Gasteiger partial charge is 0.290 e. The first-order chi connectivity index (χ1) is 14.0. The molecule has 2 aromatic carbocycles. The van der Waals surface area contributed by atoms with Crippen LogP contribution in [0.25, 0.3) is 5.69 Å². The van der Waals surface area contributed by atoms with Gasteiger partial charge in [0.2, 0.25) is 0 Å². The Morgan fingerprint density at radius 1 is 1.14 bits per heavy atom. The van der Waals surface area contributed by atoms with Gasteiger partial charge in [-0.1, -0.05) is 36.2 Å². The van der Waals surface area contributed by atoms with Gasteiger partial charge in [-0.25, -0.2) is 0 Å². The highest BCUT2D eigenvalue weighted by Gasteiger charge is 2.30. The van der Waals surface area contributed by atoms with Crippen LogP contribution in [0.4, 0.5) is 5.69 Å². The van der Waals surface area contributed by atoms with Gasteiger partial charge in [-0.05, 0) is 66.5 Å². The van der Waals surface area contributed by atoms with Crippen LogP contribution in [-0.2, 0) is 0 Å². The van der Waals surface area contributed by atoms with E-state index < -0.39 is 0 Å².